The van der Waals surface area contributed by atoms with Crippen molar-refractivity contribution in [2.45, 2.75) is 12.5 Å². The van der Waals surface area contributed by atoms with Crippen molar-refractivity contribution >= 4 is 5.78 Å². The van der Waals surface area contributed by atoms with Crippen LogP contribution in [-0.2, 0) is 4.79 Å². The maximum atomic E-state index is 10.7. The van der Waals surface area contributed by atoms with Crippen molar-refractivity contribution in [1.82, 2.24) is 0 Å². The smallest absolute Gasteiger partial charge is 0.190 e. The van der Waals surface area contributed by atoms with Gasteiger partial charge >= 0.3 is 0 Å². The SMILES string of the molecule is C[C@]1(O)C=CC=CC1=O. The fraction of sp³-hybridized carbons (Fsp3) is 0.286. The van der Waals surface area contributed by atoms with Gasteiger partial charge in [-0.05, 0) is 19.1 Å². The van der Waals surface area contributed by atoms with E-state index in [2.05, 4.69) is 0 Å². The first-order chi connectivity index (χ1) is 4.13. The third-order valence-corrected chi connectivity index (χ3v) is 1.28. The van der Waals surface area contributed by atoms with E-state index in [1.54, 1.807) is 12.2 Å². The molecule has 0 saturated carbocycles. The number of carbonyl (C=O) groups excluding carboxylic acids is 1. The second kappa shape index (κ2) is 1.81. The second-order valence-corrected chi connectivity index (χ2v) is 2.23. The van der Waals surface area contributed by atoms with Crippen LogP contribution < -0.4 is 0 Å². The van der Waals surface area contributed by atoms with Gasteiger partial charge in [-0.3, -0.25) is 4.79 Å². The van der Waals surface area contributed by atoms with Gasteiger partial charge in [0.15, 0.2) is 5.78 Å². The van der Waals surface area contributed by atoms with Gasteiger partial charge in [0.05, 0.1) is 0 Å². The average molecular weight is 124 g/mol. The van der Waals surface area contributed by atoms with Crippen LogP contribution in [0.3, 0.4) is 0 Å². The lowest BCUT2D eigenvalue weighted by atomic mass is 9.97. The zero-order chi connectivity index (χ0) is 6.91. The molecule has 0 bridgehead atoms. The third kappa shape index (κ3) is 1.08. The lowest BCUT2D eigenvalue weighted by Crippen LogP contribution is -2.32. The van der Waals surface area contributed by atoms with Crippen molar-refractivity contribution < 1.29 is 9.90 Å². The molecule has 1 aliphatic carbocycles. The van der Waals surface area contributed by atoms with E-state index in [4.69, 9.17) is 5.11 Å². The lowest BCUT2D eigenvalue weighted by molar-refractivity contribution is -0.126. The Kier molecular flexibility index (Phi) is 1.25. The van der Waals surface area contributed by atoms with E-state index in [9.17, 15) is 4.79 Å². The summed E-state index contributed by atoms with van der Waals surface area (Å²) in [6.07, 6.45) is 6.09. The van der Waals surface area contributed by atoms with E-state index < -0.39 is 5.60 Å². The highest BCUT2D eigenvalue weighted by Crippen LogP contribution is 2.11. The summed E-state index contributed by atoms with van der Waals surface area (Å²) in [6.45, 7) is 1.47. The Bertz CT molecular complexity index is 187. The Morgan fingerprint density at radius 2 is 2.22 bits per heavy atom. The minimum absolute atomic E-state index is 0.259. The van der Waals surface area contributed by atoms with E-state index in [1.165, 1.54) is 19.1 Å². The number of hydrogen-bond donors (Lipinski definition) is 1. The van der Waals surface area contributed by atoms with Crippen molar-refractivity contribution in [3.8, 4) is 0 Å². The summed E-state index contributed by atoms with van der Waals surface area (Å²) in [4.78, 5) is 10.7. The fourth-order valence-electron chi connectivity index (χ4n) is 0.637. The monoisotopic (exact) mass is 124 g/mol. The first-order valence-corrected chi connectivity index (χ1v) is 2.76. The van der Waals surface area contributed by atoms with Crippen molar-refractivity contribution in [3.63, 3.8) is 0 Å². The summed E-state index contributed by atoms with van der Waals surface area (Å²) >= 11 is 0. The Labute approximate surface area is 53.5 Å². The van der Waals surface area contributed by atoms with Gasteiger partial charge in [0, 0.05) is 0 Å². The molecule has 0 radical (unpaired) electrons. The van der Waals surface area contributed by atoms with Gasteiger partial charge in [0.25, 0.3) is 0 Å². The molecular formula is C7H8O2. The number of rotatable bonds is 0. The fourth-order valence-corrected chi connectivity index (χ4v) is 0.637. The van der Waals surface area contributed by atoms with E-state index in [1.807, 2.05) is 0 Å². The highest BCUT2D eigenvalue weighted by molar-refractivity contribution is 5.99. The van der Waals surface area contributed by atoms with Crippen LogP contribution >= 0.6 is 0 Å². The molecule has 0 spiro atoms. The highest BCUT2D eigenvalue weighted by atomic mass is 16.3. The summed E-state index contributed by atoms with van der Waals surface area (Å²) < 4.78 is 0. The molecular weight excluding hydrogens is 116 g/mol. The van der Waals surface area contributed by atoms with Crippen LogP contribution in [0.5, 0.6) is 0 Å². The van der Waals surface area contributed by atoms with Gasteiger partial charge in [-0.15, -0.1) is 0 Å². The Balaban J connectivity index is 2.91. The molecule has 0 saturated heterocycles. The lowest BCUT2D eigenvalue weighted by Gasteiger charge is -2.16. The first kappa shape index (κ1) is 6.23. The highest BCUT2D eigenvalue weighted by Gasteiger charge is 2.25. The zero-order valence-electron chi connectivity index (χ0n) is 5.16. The molecule has 1 rings (SSSR count). The molecule has 0 fully saturated rings. The van der Waals surface area contributed by atoms with Crippen molar-refractivity contribution in [1.29, 1.82) is 0 Å². The van der Waals surface area contributed by atoms with E-state index >= 15 is 0 Å². The quantitative estimate of drug-likeness (QED) is 0.508. The summed E-state index contributed by atoms with van der Waals surface area (Å²) in [5, 5.41) is 9.16. The molecule has 2 nitrogen and oxygen atoms in total. The van der Waals surface area contributed by atoms with Gasteiger partial charge in [0.1, 0.15) is 5.60 Å². The Morgan fingerprint density at radius 3 is 2.56 bits per heavy atom. The van der Waals surface area contributed by atoms with E-state index in [-0.39, 0.29) is 5.78 Å². The van der Waals surface area contributed by atoms with Crippen molar-refractivity contribution in [3.05, 3.63) is 24.3 Å². The largest absolute Gasteiger partial charge is 0.378 e. The van der Waals surface area contributed by atoms with Crippen LogP contribution in [0.15, 0.2) is 24.3 Å². The molecule has 0 unspecified atom stereocenters. The molecule has 1 atom stereocenters. The molecule has 48 valence electrons. The van der Waals surface area contributed by atoms with Crippen molar-refractivity contribution in [2.24, 2.45) is 0 Å². The predicted octanol–water partition coefficient (Wildman–Crippen LogP) is 0.432. The molecule has 0 aromatic carbocycles. The maximum Gasteiger partial charge on any atom is 0.190 e. The summed E-state index contributed by atoms with van der Waals surface area (Å²) in [5.41, 5.74) is -1.27. The van der Waals surface area contributed by atoms with Crippen LogP contribution in [0.25, 0.3) is 0 Å². The molecule has 0 aromatic rings. The number of hydrogen-bond acceptors (Lipinski definition) is 2. The first-order valence-electron chi connectivity index (χ1n) is 2.76. The third-order valence-electron chi connectivity index (χ3n) is 1.28. The van der Waals surface area contributed by atoms with Crippen LogP contribution in [0.2, 0.25) is 0 Å². The molecule has 0 heterocycles. The molecule has 9 heavy (non-hydrogen) atoms. The van der Waals surface area contributed by atoms with Gasteiger partial charge in [-0.25, -0.2) is 0 Å². The molecule has 0 aromatic heterocycles. The van der Waals surface area contributed by atoms with Crippen LogP contribution in [-0.4, -0.2) is 16.5 Å². The van der Waals surface area contributed by atoms with Gasteiger partial charge in [0.2, 0.25) is 0 Å². The summed E-state index contributed by atoms with van der Waals surface area (Å²) in [6, 6.07) is 0. The second-order valence-electron chi connectivity index (χ2n) is 2.23. The van der Waals surface area contributed by atoms with Crippen molar-refractivity contribution in [2.75, 3.05) is 0 Å². The summed E-state index contributed by atoms with van der Waals surface area (Å²) in [5.74, 6) is -0.259. The number of carbonyl (C=O) groups is 1. The van der Waals surface area contributed by atoms with Gasteiger partial charge in [-0.2, -0.15) is 0 Å². The standard InChI is InChI=1S/C7H8O2/c1-7(9)5-3-2-4-6(7)8/h2-5,9H,1H3/t7-/m0/s1. The zero-order valence-corrected chi connectivity index (χ0v) is 5.16. The molecule has 0 aliphatic heterocycles. The molecule has 2 heteroatoms. The molecule has 1 aliphatic rings. The Morgan fingerprint density at radius 1 is 1.56 bits per heavy atom. The maximum absolute atomic E-state index is 10.7. The minimum atomic E-state index is -1.27. The van der Waals surface area contributed by atoms with Crippen LogP contribution in [0.4, 0.5) is 0 Å². The number of aliphatic hydroxyl groups is 1. The van der Waals surface area contributed by atoms with Gasteiger partial charge < -0.3 is 5.11 Å². The number of ketones is 1. The van der Waals surface area contributed by atoms with Crippen LogP contribution in [0, 0.1) is 0 Å². The van der Waals surface area contributed by atoms with E-state index in [0.717, 1.165) is 0 Å². The minimum Gasteiger partial charge on any atom is -0.378 e. The predicted molar refractivity (Wildman–Crippen MR) is 33.9 cm³/mol. The number of allylic oxidation sites excluding steroid dienone is 2. The average Bonchev–Trinajstić information content (AvgIpc) is 1.77. The molecule has 1 N–H and O–H groups in total. The van der Waals surface area contributed by atoms with Gasteiger partial charge in [-0.1, -0.05) is 12.2 Å². The Hall–Kier alpha value is -0.890. The van der Waals surface area contributed by atoms with Crippen LogP contribution in [0.1, 0.15) is 6.92 Å². The topological polar surface area (TPSA) is 37.3 Å². The van der Waals surface area contributed by atoms with E-state index in [0.29, 0.717) is 0 Å². The summed E-state index contributed by atoms with van der Waals surface area (Å²) in [7, 11) is 0. The molecule has 0 amide bonds. The normalized spacial score (nSPS) is 33.3.